The van der Waals surface area contributed by atoms with Crippen LogP contribution in [0.2, 0.25) is 0 Å². The summed E-state index contributed by atoms with van der Waals surface area (Å²) in [6, 6.07) is 0. The first kappa shape index (κ1) is 97.1. The summed E-state index contributed by atoms with van der Waals surface area (Å²) in [5, 5.41) is 10.6. The van der Waals surface area contributed by atoms with Crippen LogP contribution in [0.3, 0.4) is 0 Å². The second-order valence-corrected chi connectivity index (χ2v) is 32.2. The third kappa shape index (κ3) is 74.1. The largest absolute Gasteiger partial charge is 0.472 e. The summed E-state index contributed by atoms with van der Waals surface area (Å²) < 4.78 is 68.5. The molecule has 19 heteroatoms. The van der Waals surface area contributed by atoms with E-state index in [1.807, 2.05) is 0 Å². The van der Waals surface area contributed by atoms with Crippen molar-refractivity contribution in [3.8, 4) is 0 Å². The maximum atomic E-state index is 13.1. The molecule has 588 valence electrons. The molecule has 5 atom stereocenters. The van der Waals surface area contributed by atoms with Gasteiger partial charge in [0.05, 0.1) is 26.4 Å². The molecule has 0 saturated carbocycles. The Bertz CT molecular complexity index is 1890. The molecule has 0 aliphatic heterocycles. The minimum atomic E-state index is -4.96. The number of rotatable bonds is 80. The van der Waals surface area contributed by atoms with E-state index in [2.05, 4.69) is 34.6 Å². The van der Waals surface area contributed by atoms with Crippen LogP contribution >= 0.6 is 15.6 Å². The van der Waals surface area contributed by atoms with E-state index in [1.165, 1.54) is 238 Å². The molecule has 3 N–H and O–H groups in total. The van der Waals surface area contributed by atoms with E-state index in [4.69, 9.17) is 37.0 Å². The first-order chi connectivity index (χ1) is 48.0. The van der Waals surface area contributed by atoms with E-state index in [0.29, 0.717) is 25.7 Å². The number of hydrogen-bond acceptors (Lipinski definition) is 15. The highest BCUT2D eigenvalue weighted by Crippen LogP contribution is 2.45. The van der Waals surface area contributed by atoms with Crippen molar-refractivity contribution in [2.75, 3.05) is 39.6 Å². The normalized spacial score (nSPS) is 13.9. The van der Waals surface area contributed by atoms with Gasteiger partial charge in [-0.3, -0.25) is 37.3 Å². The molecule has 0 fully saturated rings. The zero-order valence-electron chi connectivity index (χ0n) is 64.6. The highest BCUT2D eigenvalue weighted by molar-refractivity contribution is 7.47. The van der Waals surface area contributed by atoms with E-state index in [-0.39, 0.29) is 25.7 Å². The van der Waals surface area contributed by atoms with Crippen molar-refractivity contribution in [3.05, 3.63) is 0 Å². The van der Waals surface area contributed by atoms with Gasteiger partial charge in [0, 0.05) is 25.7 Å². The van der Waals surface area contributed by atoms with Gasteiger partial charge in [-0.25, -0.2) is 9.13 Å². The summed E-state index contributed by atoms with van der Waals surface area (Å²) in [5.41, 5.74) is 0. The van der Waals surface area contributed by atoms with Crippen LogP contribution in [-0.2, 0) is 65.4 Å². The highest BCUT2D eigenvalue weighted by atomic mass is 31.2. The average molecular weight is 1450 g/mol. The van der Waals surface area contributed by atoms with Crippen LogP contribution in [0.15, 0.2) is 0 Å². The number of hydrogen-bond donors (Lipinski definition) is 3. The van der Waals surface area contributed by atoms with Crippen molar-refractivity contribution < 1.29 is 80.2 Å². The summed E-state index contributed by atoms with van der Waals surface area (Å²) in [4.78, 5) is 72.8. The number of ether oxygens (including phenoxy) is 4. The van der Waals surface area contributed by atoms with E-state index in [1.54, 1.807) is 0 Å². The summed E-state index contributed by atoms with van der Waals surface area (Å²) >= 11 is 0. The molecule has 0 bridgehead atoms. The van der Waals surface area contributed by atoms with E-state index < -0.39 is 97.5 Å². The molecule has 0 aromatic carbocycles. The lowest BCUT2D eigenvalue weighted by Crippen LogP contribution is -2.30. The van der Waals surface area contributed by atoms with Gasteiger partial charge in [0.1, 0.15) is 19.3 Å². The standard InChI is InChI=1S/C80H156O17P2/c1-6-9-12-15-18-20-22-23-24-25-26-27-28-29-30-35-38-42-46-51-56-61-66-80(85)97-76(70-91-78(83)64-59-54-49-44-41-37-34-32-31-33-36-40-43-48-52-57-62-73(4)5)72-95-99(88,89)93-68-74(81)67-92-98(86,87)94-71-75(69-90-77(82)63-58-53-47-17-14-11-8-3)96-79(84)65-60-55-50-45-39-21-19-16-13-10-7-2/h73-76,81H,6-72H2,1-5H3,(H,86,87)(H,88,89)/t74-,75+,76+/m0/s1. The molecule has 17 nitrogen and oxygen atoms in total. The summed E-state index contributed by atoms with van der Waals surface area (Å²) in [6.45, 7) is 7.30. The Morgan fingerprint density at radius 1 is 0.273 bits per heavy atom. The fraction of sp³-hybridized carbons (Fsp3) is 0.950. The molecular weight excluding hydrogens is 1290 g/mol. The summed E-state index contributed by atoms with van der Waals surface area (Å²) in [7, 11) is -9.91. The van der Waals surface area contributed by atoms with Gasteiger partial charge in [-0.2, -0.15) is 0 Å². The minimum absolute atomic E-state index is 0.107. The fourth-order valence-corrected chi connectivity index (χ4v) is 14.0. The summed E-state index contributed by atoms with van der Waals surface area (Å²) in [5.74, 6) is -1.30. The Kier molecular flexibility index (Phi) is 71.6. The van der Waals surface area contributed by atoms with Gasteiger partial charge in [-0.15, -0.1) is 0 Å². The van der Waals surface area contributed by atoms with Crippen LogP contribution in [0.5, 0.6) is 0 Å². The van der Waals surface area contributed by atoms with Gasteiger partial charge in [0.2, 0.25) is 0 Å². The monoisotopic (exact) mass is 1450 g/mol. The quantitative estimate of drug-likeness (QED) is 0.0222. The Balaban J connectivity index is 5.14. The lowest BCUT2D eigenvalue weighted by Gasteiger charge is -2.21. The fourth-order valence-electron chi connectivity index (χ4n) is 12.4. The van der Waals surface area contributed by atoms with Crippen molar-refractivity contribution >= 4 is 39.5 Å². The van der Waals surface area contributed by atoms with Gasteiger partial charge >= 0.3 is 39.5 Å². The van der Waals surface area contributed by atoms with Gasteiger partial charge < -0.3 is 33.8 Å². The third-order valence-electron chi connectivity index (χ3n) is 18.8. The number of unbranched alkanes of at least 4 members (excludes halogenated alkanes) is 52. The molecule has 0 rings (SSSR count). The molecule has 2 unspecified atom stereocenters. The molecule has 0 aromatic rings. The molecule has 0 radical (unpaired) electrons. The lowest BCUT2D eigenvalue weighted by molar-refractivity contribution is -0.161. The SMILES string of the molecule is CCCCCCCCCCCCCCCCCCCCCCCCC(=O)O[C@H](COC(=O)CCCCCCCCCCCCCCCCCCC(C)C)COP(=O)(O)OC[C@@H](O)COP(=O)(O)OC[C@@H](COC(=O)CCCCCCCCC)OC(=O)CCCCCCCCCCCCC. The molecule has 0 heterocycles. The number of carbonyl (C=O) groups excluding carboxylic acids is 4. The Morgan fingerprint density at radius 3 is 0.687 bits per heavy atom. The zero-order chi connectivity index (χ0) is 72.7. The predicted octanol–water partition coefficient (Wildman–Crippen LogP) is 24.0. The average Bonchev–Trinajstić information content (AvgIpc) is 1.52. The Morgan fingerprint density at radius 2 is 0.465 bits per heavy atom. The van der Waals surface area contributed by atoms with Gasteiger partial charge in [0.25, 0.3) is 0 Å². The maximum Gasteiger partial charge on any atom is 0.472 e. The van der Waals surface area contributed by atoms with Crippen molar-refractivity contribution in [1.82, 2.24) is 0 Å². The van der Waals surface area contributed by atoms with E-state index in [0.717, 1.165) is 109 Å². The van der Waals surface area contributed by atoms with E-state index in [9.17, 15) is 43.2 Å². The van der Waals surface area contributed by atoms with Gasteiger partial charge in [-0.05, 0) is 31.6 Å². The maximum absolute atomic E-state index is 13.1. The molecule has 0 spiro atoms. The Hall–Kier alpha value is -1.94. The molecular formula is C80H156O17P2. The van der Waals surface area contributed by atoms with Crippen LogP contribution in [0.25, 0.3) is 0 Å². The summed E-state index contributed by atoms with van der Waals surface area (Å²) in [6.07, 6.45) is 64.2. The lowest BCUT2D eigenvalue weighted by atomic mass is 10.0. The molecule has 0 aliphatic rings. The number of aliphatic hydroxyl groups excluding tert-OH is 1. The van der Waals surface area contributed by atoms with Crippen molar-refractivity contribution in [1.29, 1.82) is 0 Å². The van der Waals surface area contributed by atoms with Crippen LogP contribution < -0.4 is 0 Å². The van der Waals surface area contributed by atoms with Crippen LogP contribution in [0, 0.1) is 5.92 Å². The van der Waals surface area contributed by atoms with Gasteiger partial charge in [0.15, 0.2) is 12.2 Å². The number of phosphoric ester groups is 2. The first-order valence-electron chi connectivity index (χ1n) is 41.6. The first-order valence-corrected chi connectivity index (χ1v) is 44.6. The van der Waals surface area contributed by atoms with Crippen LogP contribution in [0.4, 0.5) is 0 Å². The van der Waals surface area contributed by atoms with Crippen molar-refractivity contribution in [2.24, 2.45) is 5.92 Å². The van der Waals surface area contributed by atoms with E-state index >= 15 is 0 Å². The molecule has 0 aliphatic carbocycles. The smallest absolute Gasteiger partial charge is 0.462 e. The van der Waals surface area contributed by atoms with Crippen molar-refractivity contribution in [2.45, 2.75) is 445 Å². The molecule has 99 heavy (non-hydrogen) atoms. The van der Waals surface area contributed by atoms with Crippen molar-refractivity contribution in [3.63, 3.8) is 0 Å². The number of carbonyl (C=O) groups is 4. The minimum Gasteiger partial charge on any atom is -0.462 e. The second kappa shape index (κ2) is 73.0. The molecule has 0 aromatic heterocycles. The second-order valence-electron chi connectivity index (χ2n) is 29.3. The van der Waals surface area contributed by atoms with Crippen LogP contribution in [-0.4, -0.2) is 96.7 Å². The van der Waals surface area contributed by atoms with Gasteiger partial charge in [-0.1, -0.05) is 375 Å². The topological polar surface area (TPSA) is 237 Å². The number of phosphoric acid groups is 2. The predicted molar refractivity (Wildman–Crippen MR) is 405 cm³/mol. The highest BCUT2D eigenvalue weighted by Gasteiger charge is 2.30. The number of aliphatic hydroxyl groups is 1. The Labute approximate surface area is 607 Å². The van der Waals surface area contributed by atoms with Crippen LogP contribution in [0.1, 0.15) is 426 Å². The third-order valence-corrected chi connectivity index (χ3v) is 20.7. The molecule has 0 saturated heterocycles. The molecule has 0 amide bonds. The zero-order valence-corrected chi connectivity index (χ0v) is 66.4. The number of esters is 4.